The number of amides is 1. The fourth-order valence-corrected chi connectivity index (χ4v) is 3.90. The summed E-state index contributed by atoms with van der Waals surface area (Å²) in [5, 5.41) is 4.25. The number of pyridine rings is 1. The van der Waals surface area contributed by atoms with E-state index in [4.69, 9.17) is 27.9 Å². The highest BCUT2D eigenvalue weighted by Crippen LogP contribution is 2.28. The zero-order chi connectivity index (χ0) is 21.8. The van der Waals surface area contributed by atoms with Crippen LogP contribution in [-0.2, 0) is 4.74 Å². The number of fused-ring (bicyclic) bond motifs is 1. The van der Waals surface area contributed by atoms with E-state index in [1.807, 2.05) is 0 Å². The van der Waals surface area contributed by atoms with Crippen LogP contribution < -0.4 is 5.32 Å². The third-order valence-corrected chi connectivity index (χ3v) is 5.51. The molecule has 0 saturated carbocycles. The molecule has 31 heavy (non-hydrogen) atoms. The van der Waals surface area contributed by atoms with Gasteiger partial charge < -0.3 is 19.9 Å². The number of nitrogens with zero attached hydrogens (tertiary/aromatic N) is 4. The Balaban J connectivity index is 1.52. The number of nitrogens with one attached hydrogen (secondary N) is 2. The Morgan fingerprint density at radius 3 is 3.06 bits per heavy atom. The number of hydrogen-bond donors (Lipinski definition) is 2. The van der Waals surface area contributed by atoms with Crippen LogP contribution in [0.25, 0.3) is 22.4 Å². The topological polar surface area (TPSA) is 96.0 Å². The summed E-state index contributed by atoms with van der Waals surface area (Å²) < 4.78 is 19.6. The number of carbonyl (C=O) groups is 1. The number of rotatable bonds is 6. The second-order valence-corrected chi connectivity index (χ2v) is 7.98. The number of alkyl halides is 1. The van der Waals surface area contributed by atoms with Crippen molar-refractivity contribution in [3.05, 3.63) is 35.5 Å². The van der Waals surface area contributed by atoms with E-state index in [1.165, 1.54) is 6.20 Å². The van der Waals surface area contributed by atoms with Crippen LogP contribution in [0.3, 0.4) is 0 Å². The summed E-state index contributed by atoms with van der Waals surface area (Å²) in [6.07, 6.45) is 6.63. The van der Waals surface area contributed by atoms with Gasteiger partial charge in [-0.25, -0.2) is 24.1 Å². The van der Waals surface area contributed by atoms with Crippen LogP contribution in [0.4, 0.5) is 15.0 Å². The van der Waals surface area contributed by atoms with Crippen molar-refractivity contribution in [3.63, 3.8) is 0 Å². The lowest BCUT2D eigenvalue weighted by atomic mass is 10.0. The van der Waals surface area contributed by atoms with Crippen LogP contribution in [0.15, 0.2) is 24.7 Å². The Hall–Kier alpha value is -2.65. The minimum absolute atomic E-state index is 0.0639. The average molecular weight is 467 g/mol. The molecule has 4 heterocycles. The average Bonchev–Trinajstić information content (AvgIpc) is 3.20. The Bertz CT molecular complexity index is 1080. The Kier molecular flexibility index (Phi) is 6.72. The number of aromatic amines is 1. The standard InChI is InChI=1S/C20H21Cl2FN6O2/c21-4-6-31-20(30)29-5-2-1-3-13(29)9-25-19-16(23)11-27-18(28-19)15-10-26-17-14(15)7-12(22)8-24-17/h7-8,10-11,13H,1-6,9H2,(H,24,26)(H,25,27,28). The lowest BCUT2D eigenvalue weighted by Gasteiger charge is -2.35. The van der Waals surface area contributed by atoms with E-state index < -0.39 is 11.9 Å². The van der Waals surface area contributed by atoms with Gasteiger partial charge in [-0.2, -0.15) is 0 Å². The molecule has 164 valence electrons. The molecule has 2 N–H and O–H groups in total. The number of ether oxygens (including phenoxy) is 1. The first kappa shape index (κ1) is 21.6. The summed E-state index contributed by atoms with van der Waals surface area (Å²) in [5.74, 6) is 0.0634. The van der Waals surface area contributed by atoms with Crippen LogP contribution in [-0.4, -0.2) is 62.5 Å². The van der Waals surface area contributed by atoms with Gasteiger partial charge in [-0.1, -0.05) is 11.6 Å². The van der Waals surface area contributed by atoms with Gasteiger partial charge in [0, 0.05) is 36.4 Å². The number of hydrogen-bond acceptors (Lipinski definition) is 6. The molecule has 8 nitrogen and oxygen atoms in total. The van der Waals surface area contributed by atoms with E-state index in [1.54, 1.807) is 17.2 Å². The maximum Gasteiger partial charge on any atom is 0.410 e. The molecule has 1 aliphatic heterocycles. The van der Waals surface area contributed by atoms with E-state index in [0.717, 1.165) is 30.8 Å². The molecule has 4 rings (SSSR count). The van der Waals surface area contributed by atoms with Gasteiger partial charge in [-0.3, -0.25) is 0 Å². The summed E-state index contributed by atoms with van der Waals surface area (Å²) in [4.78, 5) is 29.7. The monoisotopic (exact) mass is 466 g/mol. The fourth-order valence-electron chi connectivity index (χ4n) is 3.66. The zero-order valence-corrected chi connectivity index (χ0v) is 18.1. The van der Waals surface area contributed by atoms with Gasteiger partial charge in [-0.05, 0) is 25.3 Å². The Morgan fingerprint density at radius 1 is 1.35 bits per heavy atom. The molecule has 0 aromatic carbocycles. The van der Waals surface area contributed by atoms with Crippen molar-refractivity contribution in [2.24, 2.45) is 0 Å². The van der Waals surface area contributed by atoms with Crippen LogP contribution in [0.5, 0.6) is 0 Å². The molecule has 0 radical (unpaired) electrons. The van der Waals surface area contributed by atoms with Gasteiger partial charge >= 0.3 is 6.09 Å². The van der Waals surface area contributed by atoms with Crippen LogP contribution in [0.2, 0.25) is 5.02 Å². The summed E-state index contributed by atoms with van der Waals surface area (Å²) in [6.45, 7) is 1.09. The first-order chi connectivity index (χ1) is 15.1. The van der Waals surface area contributed by atoms with Crippen molar-refractivity contribution in [1.29, 1.82) is 0 Å². The van der Waals surface area contributed by atoms with Crippen LogP contribution >= 0.6 is 23.2 Å². The minimum atomic E-state index is -0.577. The third-order valence-electron chi connectivity index (χ3n) is 5.15. The second kappa shape index (κ2) is 9.65. The van der Waals surface area contributed by atoms with Crippen molar-refractivity contribution < 1.29 is 13.9 Å². The highest BCUT2D eigenvalue weighted by atomic mass is 35.5. The number of halogens is 3. The lowest BCUT2D eigenvalue weighted by Crippen LogP contribution is -2.47. The van der Waals surface area contributed by atoms with Crippen LogP contribution in [0.1, 0.15) is 19.3 Å². The molecule has 11 heteroatoms. The molecule has 0 bridgehead atoms. The molecule has 3 aromatic rings. The number of likely N-dealkylation sites (tertiary alicyclic amines) is 1. The lowest BCUT2D eigenvalue weighted by molar-refractivity contribution is 0.0802. The van der Waals surface area contributed by atoms with E-state index >= 15 is 0 Å². The predicted octanol–water partition coefficient (Wildman–Crippen LogP) is 4.45. The molecule has 1 amide bonds. The maximum atomic E-state index is 14.4. The van der Waals surface area contributed by atoms with Crippen molar-refractivity contribution in [2.75, 3.05) is 30.9 Å². The quantitative estimate of drug-likeness (QED) is 0.520. The van der Waals surface area contributed by atoms with Gasteiger partial charge in [-0.15, -0.1) is 11.6 Å². The maximum absolute atomic E-state index is 14.4. The summed E-state index contributed by atoms with van der Waals surface area (Å²) in [7, 11) is 0. The highest BCUT2D eigenvalue weighted by molar-refractivity contribution is 6.31. The molecule has 1 aliphatic rings. The SMILES string of the molecule is O=C(OCCCl)N1CCCCC1CNc1nc(-c2c[nH]c3ncc(Cl)cc23)ncc1F. The highest BCUT2D eigenvalue weighted by Gasteiger charge is 2.28. The molecular formula is C20H21Cl2FN6O2. The van der Waals surface area contributed by atoms with E-state index in [9.17, 15) is 9.18 Å². The number of anilines is 1. The first-order valence-electron chi connectivity index (χ1n) is 9.95. The van der Waals surface area contributed by atoms with E-state index in [-0.39, 0.29) is 24.3 Å². The molecule has 1 fully saturated rings. The van der Waals surface area contributed by atoms with Crippen molar-refractivity contribution in [3.8, 4) is 11.4 Å². The molecule has 0 aliphatic carbocycles. The molecular weight excluding hydrogens is 446 g/mol. The molecule has 0 spiro atoms. The number of H-pyrrole nitrogens is 1. The van der Waals surface area contributed by atoms with Crippen LogP contribution in [0, 0.1) is 5.82 Å². The number of piperidine rings is 1. The number of aromatic nitrogens is 4. The number of carbonyl (C=O) groups excluding carboxylic acids is 1. The Labute approximate surface area is 188 Å². The van der Waals surface area contributed by atoms with Gasteiger partial charge in [0.1, 0.15) is 12.3 Å². The summed E-state index contributed by atoms with van der Waals surface area (Å²) in [6, 6.07) is 1.62. The van der Waals surface area contributed by atoms with Gasteiger partial charge in [0.25, 0.3) is 0 Å². The third kappa shape index (κ3) is 4.83. The van der Waals surface area contributed by atoms with Gasteiger partial charge in [0.15, 0.2) is 17.5 Å². The Morgan fingerprint density at radius 2 is 2.23 bits per heavy atom. The van der Waals surface area contributed by atoms with Crippen molar-refractivity contribution in [2.45, 2.75) is 25.3 Å². The zero-order valence-electron chi connectivity index (χ0n) is 16.6. The smallest absolute Gasteiger partial charge is 0.410 e. The molecule has 1 saturated heterocycles. The van der Waals surface area contributed by atoms with Crippen molar-refractivity contribution >= 4 is 46.1 Å². The second-order valence-electron chi connectivity index (χ2n) is 7.17. The van der Waals surface area contributed by atoms with Crippen molar-refractivity contribution in [1.82, 2.24) is 24.8 Å². The summed E-state index contributed by atoms with van der Waals surface area (Å²) >= 11 is 11.7. The fraction of sp³-hybridized carbons (Fsp3) is 0.400. The largest absolute Gasteiger partial charge is 0.448 e. The molecule has 1 atom stereocenters. The normalized spacial score (nSPS) is 16.5. The molecule has 3 aromatic heterocycles. The predicted molar refractivity (Wildman–Crippen MR) is 117 cm³/mol. The van der Waals surface area contributed by atoms with E-state index in [2.05, 4.69) is 25.3 Å². The minimum Gasteiger partial charge on any atom is -0.448 e. The van der Waals surface area contributed by atoms with E-state index in [0.29, 0.717) is 35.1 Å². The van der Waals surface area contributed by atoms with Gasteiger partial charge in [0.2, 0.25) is 0 Å². The van der Waals surface area contributed by atoms with Gasteiger partial charge in [0.05, 0.1) is 23.1 Å². The first-order valence-corrected chi connectivity index (χ1v) is 10.9. The summed E-state index contributed by atoms with van der Waals surface area (Å²) in [5.41, 5.74) is 1.30. The molecule has 1 unspecified atom stereocenters.